The van der Waals surface area contributed by atoms with Gasteiger partial charge >= 0.3 is 5.69 Å². The van der Waals surface area contributed by atoms with Gasteiger partial charge in [-0.3, -0.25) is 9.36 Å². The lowest BCUT2D eigenvalue weighted by Gasteiger charge is -2.09. The van der Waals surface area contributed by atoms with Gasteiger partial charge < -0.3 is 5.11 Å². The van der Waals surface area contributed by atoms with Gasteiger partial charge in [-0.1, -0.05) is 40.0 Å². The van der Waals surface area contributed by atoms with Crippen LogP contribution < -0.4 is 11.2 Å². The van der Waals surface area contributed by atoms with Crippen LogP contribution in [-0.4, -0.2) is 25.6 Å². The first kappa shape index (κ1) is 21.6. The number of nitrogens with zero attached hydrogens (tertiary/aromatic N) is 3. The molecule has 1 unspecified atom stereocenters. The molecular formula is C17H33N3O3. The normalized spacial score (nSPS) is 11.7. The van der Waals surface area contributed by atoms with Gasteiger partial charge in [-0.05, 0) is 32.6 Å². The van der Waals surface area contributed by atoms with Crippen molar-refractivity contribution in [1.29, 1.82) is 0 Å². The highest BCUT2D eigenvalue weighted by atomic mass is 16.3. The first-order valence-electron chi connectivity index (χ1n) is 8.91. The fraction of sp³-hybridized carbons (Fsp3) is 0.824. The summed E-state index contributed by atoms with van der Waals surface area (Å²) in [7, 11) is 0. The fourth-order valence-corrected chi connectivity index (χ4v) is 2.23. The van der Waals surface area contributed by atoms with Crippen LogP contribution in [0, 0.1) is 0 Å². The van der Waals surface area contributed by atoms with Crippen molar-refractivity contribution in [2.24, 2.45) is 0 Å². The minimum Gasteiger partial charge on any atom is -0.393 e. The van der Waals surface area contributed by atoms with E-state index in [2.05, 4.69) is 12.0 Å². The Bertz CT molecular complexity index is 521. The lowest BCUT2D eigenvalue weighted by Crippen LogP contribution is -2.40. The molecule has 1 aromatic heterocycles. The smallest absolute Gasteiger partial charge is 0.347 e. The monoisotopic (exact) mass is 327 g/mol. The number of aliphatic hydroxyl groups is 1. The standard InChI is InChI=1S/C15H27N3O3.C2H6/c1-3-4-5-7-10-17-14(20)12-16-18(15(17)21)11-8-6-9-13(2)19;1-2/h12-13,19H,3-11H2,1-2H3;1-2H3. The van der Waals surface area contributed by atoms with E-state index < -0.39 is 0 Å². The van der Waals surface area contributed by atoms with Crippen molar-refractivity contribution in [3.63, 3.8) is 0 Å². The van der Waals surface area contributed by atoms with Gasteiger partial charge in [-0.15, -0.1) is 0 Å². The van der Waals surface area contributed by atoms with Crippen LogP contribution in [0.3, 0.4) is 0 Å². The van der Waals surface area contributed by atoms with Crippen LogP contribution in [0.2, 0.25) is 0 Å². The number of hydrogen-bond donors (Lipinski definition) is 1. The number of aliphatic hydroxyl groups excluding tert-OH is 1. The minimum absolute atomic E-state index is 0.317. The third-order valence-electron chi connectivity index (χ3n) is 3.50. The highest BCUT2D eigenvalue weighted by Crippen LogP contribution is 2.01. The van der Waals surface area contributed by atoms with Crippen molar-refractivity contribution >= 4 is 0 Å². The lowest BCUT2D eigenvalue weighted by molar-refractivity contribution is 0.179. The summed E-state index contributed by atoms with van der Waals surface area (Å²) < 4.78 is 2.63. The summed E-state index contributed by atoms with van der Waals surface area (Å²) in [5.41, 5.74) is -0.646. The lowest BCUT2D eigenvalue weighted by atomic mass is 10.2. The second-order valence-electron chi connectivity index (χ2n) is 5.55. The molecule has 0 aliphatic heterocycles. The summed E-state index contributed by atoms with van der Waals surface area (Å²) in [5, 5.41) is 13.1. The molecule has 0 aliphatic rings. The number of rotatable bonds is 10. The highest BCUT2D eigenvalue weighted by molar-refractivity contribution is 4.76. The molecule has 0 fully saturated rings. The van der Waals surface area contributed by atoms with Gasteiger partial charge in [0.1, 0.15) is 6.20 Å². The Kier molecular flexibility index (Phi) is 12.2. The molecule has 1 N–H and O–H groups in total. The van der Waals surface area contributed by atoms with E-state index in [-0.39, 0.29) is 17.4 Å². The quantitative estimate of drug-likeness (QED) is 0.670. The van der Waals surface area contributed by atoms with Gasteiger partial charge in [0.2, 0.25) is 0 Å². The Labute approximate surface area is 139 Å². The van der Waals surface area contributed by atoms with E-state index in [1.807, 2.05) is 13.8 Å². The zero-order valence-corrected chi connectivity index (χ0v) is 15.1. The number of hydrogen-bond acceptors (Lipinski definition) is 4. The summed E-state index contributed by atoms with van der Waals surface area (Å²) >= 11 is 0. The van der Waals surface area contributed by atoms with E-state index in [0.717, 1.165) is 38.5 Å². The third-order valence-corrected chi connectivity index (χ3v) is 3.50. The first-order valence-corrected chi connectivity index (χ1v) is 8.91. The van der Waals surface area contributed by atoms with Crippen LogP contribution in [0.15, 0.2) is 15.8 Å². The predicted molar refractivity (Wildman–Crippen MR) is 93.8 cm³/mol. The second-order valence-corrected chi connectivity index (χ2v) is 5.55. The van der Waals surface area contributed by atoms with E-state index >= 15 is 0 Å². The molecule has 1 heterocycles. The number of unbranched alkanes of at least 4 members (excludes halogenated alkanes) is 4. The van der Waals surface area contributed by atoms with E-state index in [1.165, 1.54) is 15.4 Å². The Morgan fingerprint density at radius 1 is 1.09 bits per heavy atom. The minimum atomic E-state index is -0.323. The molecule has 0 saturated carbocycles. The fourth-order valence-electron chi connectivity index (χ4n) is 2.23. The molecule has 0 amide bonds. The molecule has 23 heavy (non-hydrogen) atoms. The van der Waals surface area contributed by atoms with Crippen molar-refractivity contribution < 1.29 is 5.11 Å². The zero-order valence-electron chi connectivity index (χ0n) is 15.1. The largest absolute Gasteiger partial charge is 0.393 e. The van der Waals surface area contributed by atoms with Crippen LogP contribution in [0.1, 0.15) is 72.6 Å². The maximum absolute atomic E-state index is 12.2. The summed E-state index contributed by atoms with van der Waals surface area (Å²) in [4.78, 5) is 23.9. The molecule has 134 valence electrons. The molecule has 1 aromatic rings. The van der Waals surface area contributed by atoms with Crippen molar-refractivity contribution in [3.8, 4) is 0 Å². The van der Waals surface area contributed by atoms with Crippen LogP contribution in [-0.2, 0) is 13.1 Å². The first-order chi connectivity index (χ1) is 11.1. The SMILES string of the molecule is CC.CCCCCCn1c(=O)cnn(CCCCC(C)O)c1=O. The predicted octanol–water partition coefficient (Wildman–Crippen LogP) is 2.56. The van der Waals surface area contributed by atoms with Crippen LogP contribution in [0.4, 0.5) is 0 Å². The van der Waals surface area contributed by atoms with Gasteiger partial charge in [-0.2, -0.15) is 5.10 Å². The van der Waals surface area contributed by atoms with E-state index in [1.54, 1.807) is 6.92 Å². The molecule has 6 nitrogen and oxygen atoms in total. The van der Waals surface area contributed by atoms with E-state index in [4.69, 9.17) is 0 Å². The number of aryl methyl sites for hydroxylation is 1. The van der Waals surface area contributed by atoms with Gasteiger partial charge in [0, 0.05) is 13.1 Å². The third kappa shape index (κ3) is 8.69. The van der Waals surface area contributed by atoms with E-state index in [9.17, 15) is 14.7 Å². The van der Waals surface area contributed by atoms with Gasteiger partial charge in [-0.25, -0.2) is 9.48 Å². The average molecular weight is 327 g/mol. The maximum atomic E-state index is 12.2. The molecule has 0 bridgehead atoms. The van der Waals surface area contributed by atoms with Gasteiger partial charge in [0.25, 0.3) is 5.56 Å². The average Bonchev–Trinajstić information content (AvgIpc) is 2.54. The van der Waals surface area contributed by atoms with E-state index in [0.29, 0.717) is 19.5 Å². The Morgan fingerprint density at radius 2 is 1.74 bits per heavy atom. The summed E-state index contributed by atoms with van der Waals surface area (Å²) in [6.45, 7) is 8.83. The highest BCUT2D eigenvalue weighted by Gasteiger charge is 2.06. The van der Waals surface area contributed by atoms with Crippen LogP contribution >= 0.6 is 0 Å². The molecule has 1 rings (SSSR count). The molecule has 0 aliphatic carbocycles. The molecule has 0 saturated heterocycles. The topological polar surface area (TPSA) is 77.1 Å². The van der Waals surface area contributed by atoms with Gasteiger partial charge in [0.05, 0.1) is 6.10 Å². The summed E-state index contributed by atoms with van der Waals surface area (Å²) in [6, 6.07) is 0. The van der Waals surface area contributed by atoms with Crippen molar-refractivity contribution in [1.82, 2.24) is 14.3 Å². The Balaban J connectivity index is 0.00000232. The van der Waals surface area contributed by atoms with Gasteiger partial charge in [0.15, 0.2) is 0 Å². The van der Waals surface area contributed by atoms with Crippen LogP contribution in [0.25, 0.3) is 0 Å². The number of aromatic nitrogens is 3. The van der Waals surface area contributed by atoms with Crippen LogP contribution in [0.5, 0.6) is 0 Å². The molecule has 6 heteroatoms. The Hall–Kier alpha value is -1.43. The zero-order chi connectivity index (χ0) is 17.7. The molecular weight excluding hydrogens is 294 g/mol. The molecule has 0 spiro atoms. The second kappa shape index (κ2) is 13.0. The summed E-state index contributed by atoms with van der Waals surface area (Å²) in [5.74, 6) is 0. The molecule has 0 aromatic carbocycles. The Morgan fingerprint density at radius 3 is 2.35 bits per heavy atom. The van der Waals surface area contributed by atoms with Crippen molar-refractivity contribution in [3.05, 3.63) is 27.0 Å². The molecule has 1 atom stereocenters. The van der Waals surface area contributed by atoms with Crippen molar-refractivity contribution in [2.75, 3.05) is 0 Å². The maximum Gasteiger partial charge on any atom is 0.347 e. The summed E-state index contributed by atoms with van der Waals surface area (Å²) in [6.07, 6.45) is 7.33. The molecule has 0 radical (unpaired) electrons. The van der Waals surface area contributed by atoms with Crippen molar-refractivity contribution in [2.45, 2.75) is 91.8 Å².